The van der Waals surface area contributed by atoms with Crippen molar-refractivity contribution in [2.45, 2.75) is 6.10 Å². The topological polar surface area (TPSA) is 67.9 Å². The molecule has 1 saturated heterocycles. The molecule has 114 valence electrons. The highest BCUT2D eigenvalue weighted by Gasteiger charge is 2.28. The summed E-state index contributed by atoms with van der Waals surface area (Å²) in [6.07, 6.45) is -0.616. The predicted molar refractivity (Wildman–Crippen MR) is 86.0 cm³/mol. The number of carbonyl (C=O) groups excluding carboxylic acids is 2. The summed E-state index contributed by atoms with van der Waals surface area (Å²) in [7, 11) is 1.33. The first-order valence-electron chi connectivity index (χ1n) is 6.55. The van der Waals surface area contributed by atoms with Gasteiger partial charge in [-0.15, -0.1) is 0 Å². The van der Waals surface area contributed by atoms with Crippen molar-refractivity contribution >= 4 is 40.2 Å². The van der Waals surface area contributed by atoms with E-state index in [9.17, 15) is 9.59 Å². The van der Waals surface area contributed by atoms with E-state index in [2.05, 4.69) is 32.6 Å². The summed E-state index contributed by atoms with van der Waals surface area (Å²) in [6.45, 7) is 1.62. The number of esters is 1. The fourth-order valence-corrected chi connectivity index (χ4v) is 2.63. The smallest absolute Gasteiger partial charge is 0.336 e. The van der Waals surface area contributed by atoms with Crippen LogP contribution in [0.25, 0.3) is 0 Å². The molecule has 0 radical (unpaired) electrons. The maximum atomic E-state index is 12.0. The second-order valence-corrected chi connectivity index (χ2v) is 5.92. The molecule has 0 saturated carbocycles. The van der Waals surface area contributed by atoms with Gasteiger partial charge in [0, 0.05) is 22.3 Å². The van der Waals surface area contributed by atoms with Crippen LogP contribution in [0.1, 0.15) is 0 Å². The molecule has 1 aromatic rings. The molecule has 21 heavy (non-hydrogen) atoms. The molecule has 1 amide bonds. The largest absolute Gasteiger partial charge is 0.467 e. The van der Waals surface area contributed by atoms with Crippen molar-refractivity contribution in [1.82, 2.24) is 4.90 Å². The number of rotatable bonds is 4. The Morgan fingerprint density at radius 3 is 3.05 bits per heavy atom. The summed E-state index contributed by atoms with van der Waals surface area (Å²) in [5, 5.41) is 2.85. The molecule has 1 N–H and O–H groups in total. The summed E-state index contributed by atoms with van der Waals surface area (Å²) in [6, 6.07) is 7.59. The lowest BCUT2D eigenvalue weighted by molar-refractivity contribution is -0.160. The number of nitrogens with zero attached hydrogens (tertiary/aromatic N) is 1. The van der Waals surface area contributed by atoms with Gasteiger partial charge in [0.2, 0.25) is 5.91 Å². The van der Waals surface area contributed by atoms with E-state index in [0.29, 0.717) is 19.7 Å². The molecule has 2 rings (SSSR count). The van der Waals surface area contributed by atoms with Gasteiger partial charge < -0.3 is 14.8 Å². The normalized spacial score (nSPS) is 19.0. The van der Waals surface area contributed by atoms with Gasteiger partial charge in [-0.05, 0) is 40.8 Å². The Morgan fingerprint density at radius 2 is 2.33 bits per heavy atom. The zero-order valence-corrected chi connectivity index (χ0v) is 13.8. The van der Waals surface area contributed by atoms with Crippen LogP contribution in [-0.2, 0) is 19.1 Å². The fourth-order valence-electron chi connectivity index (χ4n) is 2.09. The first kappa shape index (κ1) is 16.2. The van der Waals surface area contributed by atoms with E-state index >= 15 is 0 Å². The molecular weight excluding hydrogens is 387 g/mol. The fraction of sp³-hybridized carbons (Fsp3) is 0.429. The average molecular weight is 404 g/mol. The van der Waals surface area contributed by atoms with Crippen LogP contribution in [-0.4, -0.2) is 56.2 Å². The lowest BCUT2D eigenvalue weighted by atomic mass is 10.2. The number of carbonyl (C=O) groups is 2. The van der Waals surface area contributed by atoms with E-state index in [-0.39, 0.29) is 12.5 Å². The maximum Gasteiger partial charge on any atom is 0.336 e. The Bertz CT molecular complexity index is 523. The van der Waals surface area contributed by atoms with Crippen LogP contribution in [0.15, 0.2) is 24.3 Å². The lowest BCUT2D eigenvalue weighted by Gasteiger charge is -2.30. The molecule has 1 heterocycles. The number of methoxy groups -OCH3 is 1. The number of anilines is 1. The Hall–Kier alpha value is -1.19. The predicted octanol–water partition coefficient (Wildman–Crippen LogP) is 1.10. The van der Waals surface area contributed by atoms with Crippen molar-refractivity contribution in [1.29, 1.82) is 0 Å². The number of benzene rings is 1. The standard InChI is InChI=1S/C14H17IN2O4/c1-20-14(19)12-8-17(5-6-21-12)9-13(18)16-11-4-2-3-10(15)7-11/h2-4,7,12H,5-6,8-9H2,1H3,(H,16,18). The van der Waals surface area contributed by atoms with E-state index < -0.39 is 12.1 Å². The number of hydrogen-bond acceptors (Lipinski definition) is 5. The third-order valence-electron chi connectivity index (χ3n) is 3.09. The molecule has 1 unspecified atom stereocenters. The zero-order chi connectivity index (χ0) is 15.2. The molecule has 1 aliphatic heterocycles. The van der Waals surface area contributed by atoms with E-state index in [4.69, 9.17) is 4.74 Å². The van der Waals surface area contributed by atoms with Crippen molar-refractivity contribution < 1.29 is 19.1 Å². The Balaban J connectivity index is 1.86. The highest BCUT2D eigenvalue weighted by Crippen LogP contribution is 2.13. The summed E-state index contributed by atoms with van der Waals surface area (Å²) < 4.78 is 11.0. The van der Waals surface area contributed by atoms with Crippen molar-refractivity contribution in [2.75, 3.05) is 38.7 Å². The molecule has 1 aliphatic rings. The third kappa shape index (κ3) is 4.94. The molecule has 0 aliphatic carbocycles. The number of hydrogen-bond donors (Lipinski definition) is 1. The van der Waals surface area contributed by atoms with Gasteiger partial charge in [-0.2, -0.15) is 0 Å². The first-order valence-corrected chi connectivity index (χ1v) is 7.63. The Morgan fingerprint density at radius 1 is 1.52 bits per heavy atom. The molecule has 1 fully saturated rings. The van der Waals surface area contributed by atoms with Gasteiger partial charge in [-0.1, -0.05) is 6.07 Å². The van der Waals surface area contributed by atoms with Crippen LogP contribution in [0.4, 0.5) is 5.69 Å². The Kier molecular flexibility index (Phi) is 5.95. The second kappa shape index (κ2) is 7.71. The summed E-state index contributed by atoms with van der Waals surface area (Å²) in [5.74, 6) is -0.514. The quantitative estimate of drug-likeness (QED) is 0.602. The van der Waals surface area contributed by atoms with Crippen LogP contribution < -0.4 is 5.32 Å². The molecular formula is C14H17IN2O4. The molecule has 6 nitrogen and oxygen atoms in total. The minimum atomic E-state index is -0.616. The van der Waals surface area contributed by atoms with Crippen LogP contribution in [0, 0.1) is 3.57 Å². The highest BCUT2D eigenvalue weighted by atomic mass is 127. The van der Waals surface area contributed by atoms with Crippen LogP contribution in [0.2, 0.25) is 0 Å². The molecule has 0 aromatic heterocycles. The molecule has 1 aromatic carbocycles. The van der Waals surface area contributed by atoms with Crippen LogP contribution in [0.5, 0.6) is 0 Å². The zero-order valence-electron chi connectivity index (χ0n) is 11.7. The van der Waals surface area contributed by atoms with Gasteiger partial charge in [0.25, 0.3) is 0 Å². The van der Waals surface area contributed by atoms with Crippen molar-refractivity contribution in [2.24, 2.45) is 0 Å². The van der Waals surface area contributed by atoms with E-state index in [1.165, 1.54) is 7.11 Å². The average Bonchev–Trinajstić information content (AvgIpc) is 2.46. The third-order valence-corrected chi connectivity index (χ3v) is 3.76. The second-order valence-electron chi connectivity index (χ2n) is 4.68. The van der Waals surface area contributed by atoms with E-state index in [0.717, 1.165) is 9.26 Å². The minimum absolute atomic E-state index is 0.109. The van der Waals surface area contributed by atoms with Gasteiger partial charge in [0.1, 0.15) is 0 Å². The van der Waals surface area contributed by atoms with Crippen molar-refractivity contribution in [3.05, 3.63) is 27.8 Å². The number of halogens is 1. The number of amides is 1. The highest BCUT2D eigenvalue weighted by molar-refractivity contribution is 14.1. The SMILES string of the molecule is COC(=O)C1CN(CC(=O)Nc2cccc(I)c2)CCO1. The molecule has 0 bridgehead atoms. The van der Waals surface area contributed by atoms with Gasteiger partial charge in [0.15, 0.2) is 6.10 Å². The Labute approximate surface area is 136 Å². The summed E-state index contributed by atoms with van der Waals surface area (Å²) >= 11 is 2.19. The maximum absolute atomic E-state index is 12.0. The monoisotopic (exact) mass is 404 g/mol. The van der Waals surface area contributed by atoms with Gasteiger partial charge in [-0.25, -0.2) is 4.79 Å². The van der Waals surface area contributed by atoms with Crippen molar-refractivity contribution in [3.8, 4) is 0 Å². The number of morpholine rings is 1. The molecule has 0 spiro atoms. The summed E-state index contributed by atoms with van der Waals surface area (Å²) in [4.78, 5) is 25.4. The van der Waals surface area contributed by atoms with Gasteiger partial charge in [-0.3, -0.25) is 9.69 Å². The van der Waals surface area contributed by atoms with Crippen molar-refractivity contribution in [3.63, 3.8) is 0 Å². The van der Waals surface area contributed by atoms with Crippen LogP contribution in [0.3, 0.4) is 0 Å². The van der Waals surface area contributed by atoms with Crippen LogP contribution >= 0.6 is 22.6 Å². The first-order chi connectivity index (χ1) is 10.1. The summed E-state index contributed by atoms with van der Waals surface area (Å²) in [5.41, 5.74) is 0.768. The lowest BCUT2D eigenvalue weighted by Crippen LogP contribution is -2.48. The van der Waals surface area contributed by atoms with Gasteiger partial charge >= 0.3 is 5.97 Å². The number of nitrogens with one attached hydrogen (secondary N) is 1. The van der Waals surface area contributed by atoms with E-state index in [1.54, 1.807) is 0 Å². The number of ether oxygens (including phenoxy) is 2. The molecule has 1 atom stereocenters. The van der Waals surface area contributed by atoms with Gasteiger partial charge in [0.05, 0.1) is 20.3 Å². The minimum Gasteiger partial charge on any atom is -0.467 e. The van der Waals surface area contributed by atoms with E-state index in [1.807, 2.05) is 29.2 Å². The molecule has 7 heteroatoms.